The molecule has 0 bridgehead atoms. The average Bonchev–Trinajstić information content (AvgIpc) is 2.63. The maximum Gasteiger partial charge on any atom is 0.252 e. The normalized spacial score (nSPS) is 11.8. The third kappa shape index (κ3) is 4.26. The quantitative estimate of drug-likeness (QED) is 0.532. The fourth-order valence-electron chi connectivity index (χ4n) is 2.58. The van der Waals surface area contributed by atoms with Gasteiger partial charge in [-0.15, -0.1) is 0 Å². The lowest BCUT2D eigenvalue weighted by Crippen LogP contribution is -2.30. The fraction of sp³-hybridized carbons (Fsp3) is 0.100. The van der Waals surface area contributed by atoms with Crippen LogP contribution in [0.4, 0.5) is 0 Å². The first-order valence-electron chi connectivity index (χ1n) is 7.88. The molecular weight excluding hydrogens is 435 g/mol. The van der Waals surface area contributed by atoms with Crippen LogP contribution in [0.3, 0.4) is 0 Å². The zero-order chi connectivity index (χ0) is 18.7. The van der Waals surface area contributed by atoms with Crippen LogP contribution in [-0.4, -0.2) is 10.9 Å². The van der Waals surface area contributed by atoms with Crippen LogP contribution in [0, 0.1) is 6.92 Å². The lowest BCUT2D eigenvalue weighted by Gasteiger charge is -2.20. The molecule has 0 saturated heterocycles. The van der Waals surface area contributed by atoms with E-state index in [9.17, 15) is 4.79 Å². The zero-order valence-corrected chi connectivity index (χ0v) is 16.9. The van der Waals surface area contributed by atoms with E-state index in [1.54, 1.807) is 36.5 Å². The van der Waals surface area contributed by atoms with Crippen molar-refractivity contribution >= 4 is 45.0 Å². The van der Waals surface area contributed by atoms with Gasteiger partial charge in [0.1, 0.15) is 0 Å². The molecule has 0 radical (unpaired) electrons. The highest BCUT2D eigenvalue weighted by atomic mass is 79.9. The fourth-order valence-corrected chi connectivity index (χ4v) is 3.18. The summed E-state index contributed by atoms with van der Waals surface area (Å²) < 4.78 is 0.955. The highest BCUT2D eigenvalue weighted by Gasteiger charge is 2.21. The predicted molar refractivity (Wildman–Crippen MR) is 109 cm³/mol. The van der Waals surface area contributed by atoms with E-state index in [2.05, 4.69) is 26.2 Å². The number of halogens is 3. The van der Waals surface area contributed by atoms with Gasteiger partial charge in [0.25, 0.3) is 5.91 Å². The van der Waals surface area contributed by atoms with Gasteiger partial charge in [0, 0.05) is 21.3 Å². The van der Waals surface area contributed by atoms with Gasteiger partial charge in [0.15, 0.2) is 0 Å². The molecule has 0 aliphatic heterocycles. The molecule has 6 heteroatoms. The van der Waals surface area contributed by atoms with E-state index < -0.39 is 6.04 Å². The summed E-state index contributed by atoms with van der Waals surface area (Å²) in [6, 6.07) is 15.7. The Morgan fingerprint density at radius 1 is 1.12 bits per heavy atom. The molecule has 0 unspecified atom stereocenters. The Balaban J connectivity index is 1.98. The van der Waals surface area contributed by atoms with Gasteiger partial charge in [0.2, 0.25) is 0 Å². The number of pyridine rings is 1. The van der Waals surface area contributed by atoms with Crippen molar-refractivity contribution < 1.29 is 4.79 Å². The van der Waals surface area contributed by atoms with Gasteiger partial charge in [-0.2, -0.15) is 0 Å². The number of hydrogen-bond donors (Lipinski definition) is 1. The van der Waals surface area contributed by atoms with Crippen molar-refractivity contribution in [3.8, 4) is 0 Å². The molecule has 2 aromatic carbocycles. The lowest BCUT2D eigenvalue weighted by molar-refractivity contribution is 0.0942. The molecule has 0 saturated carbocycles. The summed E-state index contributed by atoms with van der Waals surface area (Å²) in [7, 11) is 0. The zero-order valence-electron chi connectivity index (χ0n) is 13.8. The van der Waals surface area contributed by atoms with Crippen LogP contribution in [0.25, 0.3) is 0 Å². The van der Waals surface area contributed by atoms with Gasteiger partial charge in [-0.05, 0) is 60.5 Å². The second kappa shape index (κ2) is 8.21. The number of aryl methyl sites for hydroxylation is 1. The molecule has 1 amide bonds. The molecule has 1 heterocycles. The molecule has 0 spiro atoms. The molecule has 132 valence electrons. The minimum Gasteiger partial charge on any atom is -0.339 e. The monoisotopic (exact) mass is 448 g/mol. The molecule has 1 atom stereocenters. The first-order valence-corrected chi connectivity index (χ1v) is 9.43. The van der Waals surface area contributed by atoms with Crippen LogP contribution in [-0.2, 0) is 0 Å². The van der Waals surface area contributed by atoms with Crippen LogP contribution < -0.4 is 5.32 Å². The maximum atomic E-state index is 12.8. The van der Waals surface area contributed by atoms with E-state index in [0.717, 1.165) is 15.6 Å². The van der Waals surface area contributed by atoms with Crippen molar-refractivity contribution in [2.45, 2.75) is 13.0 Å². The van der Waals surface area contributed by atoms with E-state index >= 15 is 0 Å². The predicted octanol–water partition coefficient (Wildman–Crippen LogP) is 5.98. The molecule has 0 fully saturated rings. The second-order valence-corrected chi connectivity index (χ2v) is 7.49. The summed E-state index contributed by atoms with van der Waals surface area (Å²) in [6.07, 6.45) is 1.65. The van der Waals surface area contributed by atoms with E-state index in [1.165, 1.54) is 0 Å². The van der Waals surface area contributed by atoms with Gasteiger partial charge in [-0.25, -0.2) is 0 Å². The van der Waals surface area contributed by atoms with Crippen molar-refractivity contribution in [1.82, 2.24) is 10.3 Å². The molecule has 1 N–H and O–H groups in total. The Kier molecular flexibility index (Phi) is 5.97. The number of carbonyl (C=O) groups excluding carboxylic acids is 1. The highest BCUT2D eigenvalue weighted by Crippen LogP contribution is 2.28. The van der Waals surface area contributed by atoms with Crippen LogP contribution in [0.1, 0.15) is 33.2 Å². The Morgan fingerprint density at radius 3 is 2.50 bits per heavy atom. The van der Waals surface area contributed by atoms with E-state index in [4.69, 9.17) is 23.2 Å². The minimum absolute atomic E-state index is 0.206. The van der Waals surface area contributed by atoms with E-state index in [1.807, 2.05) is 31.2 Å². The molecule has 0 aliphatic carbocycles. The number of rotatable bonds is 4. The highest BCUT2D eigenvalue weighted by molar-refractivity contribution is 9.10. The Hall–Kier alpha value is -1.88. The van der Waals surface area contributed by atoms with Gasteiger partial charge < -0.3 is 5.32 Å². The summed E-state index contributed by atoms with van der Waals surface area (Å²) in [4.78, 5) is 17.2. The van der Waals surface area contributed by atoms with Gasteiger partial charge in [-0.3, -0.25) is 9.78 Å². The van der Waals surface area contributed by atoms with Crippen molar-refractivity contribution in [3.63, 3.8) is 0 Å². The third-order valence-corrected chi connectivity index (χ3v) is 5.42. The number of amides is 1. The average molecular weight is 450 g/mol. The largest absolute Gasteiger partial charge is 0.339 e. The number of nitrogens with zero attached hydrogens (tertiary/aromatic N) is 1. The maximum absolute atomic E-state index is 12.8. The van der Waals surface area contributed by atoms with Crippen molar-refractivity contribution in [2.24, 2.45) is 0 Å². The summed E-state index contributed by atoms with van der Waals surface area (Å²) in [5.41, 5.74) is 2.98. The topological polar surface area (TPSA) is 42.0 Å². The number of benzene rings is 2. The van der Waals surface area contributed by atoms with Gasteiger partial charge in [-0.1, -0.05) is 51.3 Å². The molecule has 26 heavy (non-hydrogen) atoms. The molecule has 3 rings (SSSR count). The van der Waals surface area contributed by atoms with Gasteiger partial charge in [0.05, 0.1) is 16.8 Å². The number of nitrogens with one attached hydrogen (secondary N) is 1. The molecule has 0 aliphatic rings. The van der Waals surface area contributed by atoms with Crippen molar-refractivity contribution in [3.05, 3.63) is 97.7 Å². The number of carbonyl (C=O) groups is 1. The summed E-state index contributed by atoms with van der Waals surface area (Å²) >= 11 is 15.8. The standard InChI is InChI=1S/C20H15BrCl2N2O/c1-12-11-14(6-9-16(12)21)20(26)25-18(13-4-7-15(22)8-5-13)19-17(23)3-2-10-24-19/h2-11,18H,1H3,(H,25,26)/t18-/m0/s1. The van der Waals surface area contributed by atoms with Gasteiger partial charge >= 0.3 is 0 Å². The molecule has 3 aromatic rings. The second-order valence-electron chi connectivity index (χ2n) is 5.79. The molecular formula is C20H15BrCl2N2O. The van der Waals surface area contributed by atoms with Crippen LogP contribution in [0.2, 0.25) is 10.0 Å². The third-order valence-electron chi connectivity index (χ3n) is 3.96. The Bertz CT molecular complexity index is 945. The smallest absolute Gasteiger partial charge is 0.252 e. The van der Waals surface area contributed by atoms with Crippen LogP contribution >= 0.6 is 39.1 Å². The molecule has 3 nitrogen and oxygen atoms in total. The Labute approximate surface area is 170 Å². The minimum atomic E-state index is -0.489. The summed E-state index contributed by atoms with van der Waals surface area (Å²) in [6.45, 7) is 1.94. The van der Waals surface area contributed by atoms with Crippen LogP contribution in [0.15, 0.2) is 65.3 Å². The summed E-state index contributed by atoms with van der Waals surface area (Å²) in [5, 5.41) is 4.13. The first kappa shape index (κ1) is 18.9. The summed E-state index contributed by atoms with van der Waals surface area (Å²) in [5.74, 6) is -0.206. The van der Waals surface area contributed by atoms with E-state index in [0.29, 0.717) is 21.3 Å². The Morgan fingerprint density at radius 2 is 1.85 bits per heavy atom. The van der Waals surface area contributed by atoms with Crippen LogP contribution in [0.5, 0.6) is 0 Å². The first-order chi connectivity index (χ1) is 12.5. The van der Waals surface area contributed by atoms with Crippen molar-refractivity contribution in [2.75, 3.05) is 0 Å². The number of aromatic nitrogens is 1. The SMILES string of the molecule is Cc1cc(C(=O)N[C@@H](c2ccc(Cl)cc2)c2ncccc2Cl)ccc1Br. The lowest BCUT2D eigenvalue weighted by atomic mass is 10.0. The van der Waals surface area contributed by atoms with E-state index in [-0.39, 0.29) is 5.91 Å². The number of hydrogen-bond acceptors (Lipinski definition) is 2. The molecule has 1 aromatic heterocycles. The van der Waals surface area contributed by atoms with Crippen molar-refractivity contribution in [1.29, 1.82) is 0 Å².